The van der Waals surface area contributed by atoms with E-state index >= 15 is 0 Å². The molecule has 1 rings (SSSR count). The highest BCUT2D eigenvalue weighted by atomic mass is 32.1. The van der Waals surface area contributed by atoms with E-state index in [0.717, 1.165) is 11.3 Å². The lowest BCUT2D eigenvalue weighted by Crippen LogP contribution is -1.96. The molecule has 1 N–H and O–H groups in total. The van der Waals surface area contributed by atoms with Crippen LogP contribution in [-0.2, 0) is 4.74 Å². The average Bonchev–Trinajstić information content (AvgIpc) is 2.51. The van der Waals surface area contributed by atoms with Gasteiger partial charge in [0.25, 0.3) is 0 Å². The van der Waals surface area contributed by atoms with Crippen molar-refractivity contribution >= 4 is 23.1 Å². The van der Waals surface area contributed by atoms with Gasteiger partial charge in [-0.2, -0.15) is 0 Å². The van der Waals surface area contributed by atoms with Crippen molar-refractivity contribution in [2.75, 3.05) is 7.11 Å². The summed E-state index contributed by atoms with van der Waals surface area (Å²) in [7, 11) is 1.31. The molecule has 3 nitrogen and oxygen atoms in total. The fourth-order valence-corrected chi connectivity index (χ4v) is 1.50. The summed E-state index contributed by atoms with van der Waals surface area (Å²) in [5.74, 6) is -0.428. The van der Waals surface area contributed by atoms with Gasteiger partial charge in [0, 0.05) is 0 Å². The molecule has 0 aliphatic rings. The van der Waals surface area contributed by atoms with Gasteiger partial charge in [-0.25, -0.2) is 4.79 Å². The van der Waals surface area contributed by atoms with E-state index in [1.54, 1.807) is 12.1 Å². The molecule has 0 saturated heterocycles. The number of aliphatic hydroxyl groups is 1. The Hall–Kier alpha value is -1.29. The third-order valence-electron chi connectivity index (χ3n) is 1.28. The van der Waals surface area contributed by atoms with Crippen molar-refractivity contribution in [1.82, 2.24) is 0 Å². The van der Waals surface area contributed by atoms with E-state index < -0.39 is 5.97 Å². The molecule has 0 radical (unpaired) electrons. The first-order valence-corrected chi connectivity index (χ1v) is 4.03. The zero-order chi connectivity index (χ0) is 9.14. The van der Waals surface area contributed by atoms with Crippen LogP contribution >= 0.6 is 11.3 Å². The Morgan fingerprint density at radius 2 is 2.17 bits per heavy atom. The molecule has 1 aromatic rings. The van der Waals surface area contributed by atoms with Gasteiger partial charge in [0.1, 0.15) is 10.6 Å². The summed E-state index contributed by atoms with van der Waals surface area (Å²) in [6.45, 7) is 3.34. The van der Waals surface area contributed by atoms with E-state index in [0.29, 0.717) is 9.75 Å². The highest BCUT2D eigenvalue weighted by Crippen LogP contribution is 2.21. The number of ether oxygens (including phenoxy) is 1. The lowest BCUT2D eigenvalue weighted by Gasteiger charge is -1.92. The molecular weight excluding hydrogens is 176 g/mol. The number of hydrogen-bond donors (Lipinski definition) is 1. The summed E-state index contributed by atoms with van der Waals surface area (Å²) in [4.78, 5) is 12.0. The number of carbonyl (C=O) groups excluding carboxylic acids is 1. The maximum atomic E-state index is 10.9. The van der Waals surface area contributed by atoms with E-state index in [4.69, 9.17) is 5.11 Å². The van der Waals surface area contributed by atoms with E-state index in [1.807, 2.05) is 0 Å². The number of rotatable bonds is 2. The molecule has 4 heteroatoms. The molecule has 0 aliphatic heterocycles. The van der Waals surface area contributed by atoms with Crippen LogP contribution in [0, 0.1) is 0 Å². The Morgan fingerprint density at radius 3 is 2.58 bits per heavy atom. The number of esters is 1. The van der Waals surface area contributed by atoms with Gasteiger partial charge in [-0.3, -0.25) is 0 Å². The second-order valence-electron chi connectivity index (χ2n) is 2.10. The Morgan fingerprint density at radius 1 is 1.58 bits per heavy atom. The van der Waals surface area contributed by atoms with Gasteiger partial charge >= 0.3 is 5.97 Å². The van der Waals surface area contributed by atoms with E-state index in [9.17, 15) is 4.79 Å². The van der Waals surface area contributed by atoms with Crippen LogP contribution in [0.2, 0.25) is 0 Å². The zero-order valence-electron chi connectivity index (χ0n) is 6.53. The predicted octanol–water partition coefficient (Wildman–Crippen LogP) is 2.06. The maximum absolute atomic E-state index is 10.9. The van der Waals surface area contributed by atoms with Crippen molar-refractivity contribution in [3.8, 4) is 0 Å². The maximum Gasteiger partial charge on any atom is 0.348 e. The second-order valence-corrected chi connectivity index (χ2v) is 3.19. The van der Waals surface area contributed by atoms with Crippen LogP contribution < -0.4 is 0 Å². The Labute approximate surface area is 73.9 Å². The summed E-state index contributed by atoms with van der Waals surface area (Å²) in [5, 5.41) is 8.96. The minimum Gasteiger partial charge on any atom is -0.507 e. The number of methoxy groups -OCH3 is 1. The van der Waals surface area contributed by atoms with E-state index in [1.165, 1.54) is 7.11 Å². The topological polar surface area (TPSA) is 46.5 Å². The van der Waals surface area contributed by atoms with Crippen molar-refractivity contribution in [3.63, 3.8) is 0 Å². The van der Waals surface area contributed by atoms with Crippen molar-refractivity contribution < 1.29 is 14.6 Å². The van der Waals surface area contributed by atoms with Crippen LogP contribution in [0.3, 0.4) is 0 Å². The number of hydrogen-bond acceptors (Lipinski definition) is 4. The standard InChI is InChI=1S/C8H8O3S/c1-5(9)6-3-4-7(12-6)8(10)11-2/h3-4,9H,1H2,2H3. The molecule has 64 valence electrons. The molecule has 0 fully saturated rings. The van der Waals surface area contributed by atoms with Crippen molar-refractivity contribution in [1.29, 1.82) is 0 Å². The summed E-state index contributed by atoms with van der Waals surface area (Å²) in [6, 6.07) is 3.21. The van der Waals surface area contributed by atoms with Gasteiger partial charge in [0.2, 0.25) is 0 Å². The highest BCUT2D eigenvalue weighted by Gasteiger charge is 2.09. The monoisotopic (exact) mass is 184 g/mol. The molecule has 0 aromatic carbocycles. The third kappa shape index (κ3) is 1.65. The summed E-state index contributed by atoms with van der Waals surface area (Å²) in [6.07, 6.45) is 0. The van der Waals surface area contributed by atoms with E-state index in [2.05, 4.69) is 11.3 Å². The molecule has 0 bridgehead atoms. The van der Waals surface area contributed by atoms with Gasteiger partial charge in [0.15, 0.2) is 0 Å². The highest BCUT2D eigenvalue weighted by molar-refractivity contribution is 7.14. The van der Waals surface area contributed by atoms with Crippen LogP contribution in [0.5, 0.6) is 0 Å². The molecule has 0 saturated carbocycles. The molecule has 1 aromatic heterocycles. The first-order chi connectivity index (χ1) is 5.65. The Balaban J connectivity index is 2.91. The molecule has 0 atom stereocenters. The summed E-state index contributed by atoms with van der Waals surface area (Å²) in [5.41, 5.74) is 0. The van der Waals surface area contributed by atoms with Gasteiger partial charge < -0.3 is 9.84 Å². The van der Waals surface area contributed by atoms with Crippen LogP contribution in [0.4, 0.5) is 0 Å². The van der Waals surface area contributed by atoms with Crippen molar-refractivity contribution in [3.05, 3.63) is 28.5 Å². The lowest BCUT2D eigenvalue weighted by molar-refractivity contribution is 0.0606. The van der Waals surface area contributed by atoms with Crippen molar-refractivity contribution in [2.24, 2.45) is 0 Å². The number of carbonyl (C=O) groups is 1. The molecule has 1 heterocycles. The smallest absolute Gasteiger partial charge is 0.348 e. The molecule has 0 aliphatic carbocycles. The second kappa shape index (κ2) is 3.40. The van der Waals surface area contributed by atoms with Crippen LogP contribution in [0.1, 0.15) is 14.5 Å². The zero-order valence-corrected chi connectivity index (χ0v) is 7.35. The largest absolute Gasteiger partial charge is 0.507 e. The Bertz CT molecular complexity index is 314. The average molecular weight is 184 g/mol. The third-order valence-corrected chi connectivity index (χ3v) is 2.39. The minimum atomic E-state index is -0.396. The van der Waals surface area contributed by atoms with Crippen LogP contribution in [0.15, 0.2) is 18.7 Å². The molecular formula is C8H8O3S. The normalized spacial score (nSPS) is 9.42. The SMILES string of the molecule is C=C(O)c1ccc(C(=O)OC)s1. The molecule has 12 heavy (non-hydrogen) atoms. The molecule has 0 amide bonds. The first-order valence-electron chi connectivity index (χ1n) is 3.21. The molecule has 0 spiro atoms. The van der Waals surface area contributed by atoms with Gasteiger partial charge in [-0.05, 0) is 12.1 Å². The van der Waals surface area contributed by atoms with Crippen molar-refractivity contribution in [2.45, 2.75) is 0 Å². The Kier molecular flexibility index (Phi) is 2.50. The van der Waals surface area contributed by atoms with Gasteiger partial charge in [-0.1, -0.05) is 6.58 Å². The van der Waals surface area contributed by atoms with Gasteiger partial charge in [-0.15, -0.1) is 11.3 Å². The molecule has 0 unspecified atom stereocenters. The van der Waals surface area contributed by atoms with E-state index in [-0.39, 0.29) is 5.76 Å². The number of aliphatic hydroxyl groups excluding tert-OH is 1. The quantitative estimate of drug-likeness (QED) is 0.565. The fraction of sp³-hybridized carbons (Fsp3) is 0.125. The fourth-order valence-electron chi connectivity index (χ4n) is 0.703. The number of thiophene rings is 1. The minimum absolute atomic E-state index is 0.0323. The lowest BCUT2D eigenvalue weighted by atomic mass is 10.4. The summed E-state index contributed by atoms with van der Waals surface area (Å²) < 4.78 is 4.49. The predicted molar refractivity (Wildman–Crippen MR) is 47.3 cm³/mol. The van der Waals surface area contributed by atoms with Gasteiger partial charge in [0.05, 0.1) is 12.0 Å². The van der Waals surface area contributed by atoms with Crippen LogP contribution in [-0.4, -0.2) is 18.2 Å². The first kappa shape index (κ1) is 8.80. The summed E-state index contributed by atoms with van der Waals surface area (Å²) >= 11 is 1.15. The van der Waals surface area contributed by atoms with Crippen LogP contribution in [0.25, 0.3) is 5.76 Å².